The molecule has 2 unspecified atom stereocenters. The van der Waals surface area contributed by atoms with Crippen LogP contribution >= 0.6 is 0 Å². The number of aromatic hydroxyl groups is 1. The van der Waals surface area contributed by atoms with E-state index in [1.54, 1.807) is 12.1 Å². The monoisotopic (exact) mass is 456 g/mol. The Morgan fingerprint density at radius 3 is 2.41 bits per heavy atom. The third-order valence-corrected chi connectivity index (χ3v) is 7.29. The van der Waals surface area contributed by atoms with Crippen molar-refractivity contribution in [2.75, 3.05) is 0 Å². The lowest BCUT2D eigenvalue weighted by Gasteiger charge is -2.38. The molecule has 0 fully saturated rings. The molecule has 0 aromatic heterocycles. The zero-order chi connectivity index (χ0) is 24.5. The fraction of sp³-hybridized carbons (Fsp3) is 0.367. The average molecular weight is 457 g/mol. The summed E-state index contributed by atoms with van der Waals surface area (Å²) in [7, 11) is 0. The molecule has 1 aliphatic rings. The number of phenolic OH excluding ortho intramolecular Hbond substituents is 1. The smallest absolute Gasteiger partial charge is 0.237 e. The Labute approximate surface area is 203 Å². The van der Waals surface area contributed by atoms with E-state index in [0.29, 0.717) is 6.42 Å². The molecule has 34 heavy (non-hydrogen) atoms. The van der Waals surface area contributed by atoms with Crippen molar-refractivity contribution >= 4 is 5.91 Å². The molecule has 0 saturated heterocycles. The van der Waals surface area contributed by atoms with Crippen LogP contribution < -0.4 is 11.1 Å². The highest BCUT2D eigenvalue weighted by Gasteiger charge is 2.34. The van der Waals surface area contributed by atoms with Crippen molar-refractivity contribution in [3.8, 4) is 5.75 Å². The number of carbonyl (C=O) groups excluding carboxylic acids is 1. The summed E-state index contributed by atoms with van der Waals surface area (Å²) in [5.74, 6) is 0.112. The molecule has 4 nitrogen and oxygen atoms in total. The number of hydrogen-bond donors (Lipinski definition) is 3. The number of amides is 1. The quantitative estimate of drug-likeness (QED) is 0.465. The van der Waals surface area contributed by atoms with Crippen LogP contribution in [0.15, 0.2) is 60.7 Å². The summed E-state index contributed by atoms with van der Waals surface area (Å²) < 4.78 is 0. The van der Waals surface area contributed by atoms with E-state index in [2.05, 4.69) is 61.6 Å². The molecule has 0 heterocycles. The zero-order valence-corrected chi connectivity index (χ0v) is 20.7. The summed E-state index contributed by atoms with van der Waals surface area (Å²) in [5, 5.41) is 13.1. The van der Waals surface area contributed by atoms with Gasteiger partial charge in [0.25, 0.3) is 0 Å². The SMILES string of the molecule is Cc1cc(O)cc(C)c1CC(N)C(=O)NC1CCC(C)(C)c2ccc(Cc3ccccc3)cc21. The van der Waals surface area contributed by atoms with Gasteiger partial charge in [0.1, 0.15) is 5.75 Å². The van der Waals surface area contributed by atoms with Crippen LogP contribution in [0.1, 0.15) is 71.7 Å². The van der Waals surface area contributed by atoms with Crippen molar-refractivity contribution in [3.63, 3.8) is 0 Å². The van der Waals surface area contributed by atoms with Gasteiger partial charge in [0.2, 0.25) is 5.91 Å². The van der Waals surface area contributed by atoms with Gasteiger partial charge in [0, 0.05) is 0 Å². The number of nitrogens with two attached hydrogens (primary N) is 1. The van der Waals surface area contributed by atoms with Crippen LogP contribution in [-0.4, -0.2) is 17.1 Å². The summed E-state index contributed by atoms with van der Waals surface area (Å²) in [5.41, 5.74) is 14.4. The van der Waals surface area contributed by atoms with Gasteiger partial charge in [-0.2, -0.15) is 0 Å². The van der Waals surface area contributed by atoms with E-state index in [1.165, 1.54) is 22.3 Å². The minimum absolute atomic E-state index is 0.0423. The van der Waals surface area contributed by atoms with Crippen molar-refractivity contribution in [1.29, 1.82) is 0 Å². The highest BCUT2D eigenvalue weighted by Crippen LogP contribution is 2.42. The molecule has 1 aliphatic carbocycles. The third-order valence-electron chi connectivity index (χ3n) is 7.29. The van der Waals surface area contributed by atoms with Crippen LogP contribution in [0, 0.1) is 13.8 Å². The fourth-order valence-corrected chi connectivity index (χ4v) is 5.29. The van der Waals surface area contributed by atoms with Crippen LogP contribution in [0.3, 0.4) is 0 Å². The van der Waals surface area contributed by atoms with Gasteiger partial charge in [-0.1, -0.05) is 62.4 Å². The normalized spacial score (nSPS) is 17.6. The fourth-order valence-electron chi connectivity index (χ4n) is 5.29. The van der Waals surface area contributed by atoms with Gasteiger partial charge in [-0.25, -0.2) is 0 Å². The standard InChI is InChI=1S/C30H36N2O2/c1-19-14-23(33)15-20(2)24(19)18-27(31)29(34)32-28-12-13-30(3,4)26-11-10-22(17-25(26)28)16-21-8-6-5-7-9-21/h5-11,14-15,17,27-28,33H,12-13,16,18,31H2,1-4H3,(H,32,34). The largest absolute Gasteiger partial charge is 0.508 e. The summed E-state index contributed by atoms with van der Waals surface area (Å²) in [4.78, 5) is 13.2. The Hall–Kier alpha value is -3.11. The van der Waals surface area contributed by atoms with Gasteiger partial charge < -0.3 is 16.2 Å². The Balaban J connectivity index is 1.54. The van der Waals surface area contributed by atoms with Crippen LogP contribution in [0.5, 0.6) is 5.75 Å². The van der Waals surface area contributed by atoms with Crippen molar-refractivity contribution in [1.82, 2.24) is 5.32 Å². The first-order valence-corrected chi connectivity index (χ1v) is 12.2. The number of nitrogens with one attached hydrogen (secondary N) is 1. The highest BCUT2D eigenvalue weighted by atomic mass is 16.3. The zero-order valence-electron chi connectivity index (χ0n) is 20.7. The number of fused-ring (bicyclic) bond motifs is 1. The maximum atomic E-state index is 13.2. The molecule has 0 aliphatic heterocycles. The summed E-state index contributed by atoms with van der Waals surface area (Å²) >= 11 is 0. The van der Waals surface area contributed by atoms with E-state index in [1.807, 2.05) is 19.9 Å². The molecule has 0 saturated carbocycles. The molecule has 178 valence electrons. The second-order valence-electron chi connectivity index (χ2n) is 10.4. The average Bonchev–Trinajstić information content (AvgIpc) is 2.78. The molecule has 0 spiro atoms. The van der Waals surface area contributed by atoms with Crippen molar-refractivity contribution in [2.24, 2.45) is 5.73 Å². The molecular formula is C30H36N2O2. The number of benzene rings is 3. The lowest BCUT2D eigenvalue weighted by Crippen LogP contribution is -2.45. The summed E-state index contributed by atoms with van der Waals surface area (Å²) in [6, 6.07) is 20.0. The first-order valence-electron chi connectivity index (χ1n) is 12.2. The number of carbonyl (C=O) groups is 1. The number of hydrogen-bond acceptors (Lipinski definition) is 3. The second-order valence-corrected chi connectivity index (χ2v) is 10.4. The van der Waals surface area contributed by atoms with Crippen molar-refractivity contribution in [3.05, 3.63) is 99.6 Å². The highest BCUT2D eigenvalue weighted by molar-refractivity contribution is 5.82. The number of rotatable bonds is 6. The van der Waals surface area contributed by atoms with Crippen LogP contribution in [0.25, 0.3) is 0 Å². The summed E-state index contributed by atoms with van der Waals surface area (Å²) in [6.07, 6.45) is 3.22. The molecule has 0 radical (unpaired) electrons. The van der Waals surface area contributed by atoms with E-state index in [-0.39, 0.29) is 23.1 Å². The lowest BCUT2D eigenvalue weighted by atomic mass is 9.70. The van der Waals surface area contributed by atoms with Gasteiger partial charge in [0.05, 0.1) is 12.1 Å². The molecule has 3 aromatic carbocycles. The first kappa shape index (κ1) is 24.0. The van der Waals surface area contributed by atoms with Gasteiger partial charge in [-0.05, 0) is 96.0 Å². The molecule has 3 aromatic rings. The number of aryl methyl sites for hydroxylation is 2. The summed E-state index contributed by atoms with van der Waals surface area (Å²) in [6.45, 7) is 8.45. The lowest BCUT2D eigenvalue weighted by molar-refractivity contribution is -0.123. The van der Waals surface area contributed by atoms with Gasteiger partial charge >= 0.3 is 0 Å². The third kappa shape index (κ3) is 5.18. The van der Waals surface area contributed by atoms with Gasteiger partial charge in [-0.3, -0.25) is 4.79 Å². The number of phenols is 1. The van der Waals surface area contributed by atoms with E-state index >= 15 is 0 Å². The first-order chi connectivity index (χ1) is 16.1. The maximum absolute atomic E-state index is 13.2. The molecule has 1 amide bonds. The second kappa shape index (κ2) is 9.63. The Morgan fingerprint density at radius 1 is 1.06 bits per heavy atom. The molecule has 2 atom stereocenters. The predicted octanol–water partition coefficient (Wildman–Crippen LogP) is 5.40. The van der Waals surface area contributed by atoms with Crippen LogP contribution in [0.4, 0.5) is 0 Å². The molecular weight excluding hydrogens is 420 g/mol. The van der Waals surface area contributed by atoms with Crippen molar-refractivity contribution < 1.29 is 9.90 Å². The van der Waals surface area contributed by atoms with E-state index < -0.39 is 6.04 Å². The maximum Gasteiger partial charge on any atom is 0.237 e. The molecule has 4 rings (SSSR count). The van der Waals surface area contributed by atoms with Crippen molar-refractivity contribution in [2.45, 2.75) is 70.9 Å². The molecule has 0 bridgehead atoms. The minimum Gasteiger partial charge on any atom is -0.508 e. The van der Waals surface area contributed by atoms with Gasteiger partial charge in [0.15, 0.2) is 0 Å². The minimum atomic E-state index is -0.646. The Morgan fingerprint density at radius 2 is 1.74 bits per heavy atom. The van der Waals surface area contributed by atoms with Crippen LogP contribution in [-0.2, 0) is 23.1 Å². The molecule has 4 N–H and O–H groups in total. The molecule has 4 heteroatoms. The van der Waals surface area contributed by atoms with E-state index in [9.17, 15) is 9.90 Å². The Bertz CT molecular complexity index is 1160. The van der Waals surface area contributed by atoms with E-state index in [0.717, 1.165) is 36.0 Å². The van der Waals surface area contributed by atoms with E-state index in [4.69, 9.17) is 5.73 Å². The predicted molar refractivity (Wildman–Crippen MR) is 138 cm³/mol. The Kier molecular flexibility index (Phi) is 6.81. The van der Waals surface area contributed by atoms with Crippen LogP contribution in [0.2, 0.25) is 0 Å². The topological polar surface area (TPSA) is 75.3 Å². The van der Waals surface area contributed by atoms with Gasteiger partial charge in [-0.15, -0.1) is 0 Å².